The van der Waals surface area contributed by atoms with Crippen LogP contribution in [0.5, 0.6) is 5.75 Å². The molecule has 0 aliphatic rings. The van der Waals surface area contributed by atoms with Crippen LogP contribution >= 0.6 is 15.9 Å². The van der Waals surface area contributed by atoms with Gasteiger partial charge in [-0.2, -0.15) is 0 Å². The Morgan fingerprint density at radius 3 is 2.59 bits per heavy atom. The van der Waals surface area contributed by atoms with Crippen LogP contribution in [0.25, 0.3) is 0 Å². The molecule has 0 atom stereocenters. The number of nitrogen functional groups attached to an aromatic ring is 1. The Kier molecular flexibility index (Phi) is 3.15. The molecule has 0 saturated carbocycles. The molecule has 0 fully saturated rings. The predicted molar refractivity (Wildman–Crippen MR) is 70.1 cm³/mol. The van der Waals surface area contributed by atoms with Gasteiger partial charge >= 0.3 is 0 Å². The van der Waals surface area contributed by atoms with Gasteiger partial charge in [-0.05, 0) is 40.2 Å². The number of hydrogen-bond acceptors (Lipinski definition) is 3. The van der Waals surface area contributed by atoms with Crippen LogP contribution in [-0.2, 0) is 0 Å². The number of rotatable bonds is 2. The summed E-state index contributed by atoms with van der Waals surface area (Å²) < 4.78 is 0.684. The highest BCUT2D eigenvalue weighted by molar-refractivity contribution is 9.10. The summed E-state index contributed by atoms with van der Waals surface area (Å²) >= 11 is 3.27. The summed E-state index contributed by atoms with van der Waals surface area (Å²) in [6.07, 6.45) is 0. The Bertz CT molecular complexity index is 581. The number of ketones is 1. The van der Waals surface area contributed by atoms with Crippen molar-refractivity contribution >= 4 is 27.4 Å². The Balaban J connectivity index is 2.48. The standard InChI is InChI=1S/C13H10BrNO2/c14-11-6-2-5-10(12(11)15)13(17)8-3-1-4-9(16)7-8/h1-7,16H,15H2. The van der Waals surface area contributed by atoms with E-state index in [0.29, 0.717) is 21.3 Å². The van der Waals surface area contributed by atoms with Gasteiger partial charge in [0.25, 0.3) is 0 Å². The van der Waals surface area contributed by atoms with Crippen LogP contribution in [0.2, 0.25) is 0 Å². The number of benzene rings is 2. The van der Waals surface area contributed by atoms with Crippen LogP contribution < -0.4 is 5.73 Å². The SMILES string of the molecule is Nc1c(Br)cccc1C(=O)c1cccc(O)c1. The maximum atomic E-state index is 12.2. The number of phenols is 1. The van der Waals surface area contributed by atoms with Gasteiger partial charge in [-0.1, -0.05) is 18.2 Å². The van der Waals surface area contributed by atoms with Crippen LogP contribution in [0.15, 0.2) is 46.9 Å². The lowest BCUT2D eigenvalue weighted by molar-refractivity contribution is 0.103. The van der Waals surface area contributed by atoms with Crippen molar-refractivity contribution in [3.63, 3.8) is 0 Å². The zero-order valence-electron chi connectivity index (χ0n) is 8.85. The second-order valence-electron chi connectivity index (χ2n) is 3.58. The van der Waals surface area contributed by atoms with E-state index in [-0.39, 0.29) is 11.5 Å². The van der Waals surface area contributed by atoms with Crippen LogP contribution in [0.4, 0.5) is 5.69 Å². The molecule has 0 heterocycles. The number of hydrogen-bond donors (Lipinski definition) is 2. The first-order valence-electron chi connectivity index (χ1n) is 4.97. The van der Waals surface area contributed by atoms with Crippen LogP contribution in [0.3, 0.4) is 0 Å². The lowest BCUT2D eigenvalue weighted by Gasteiger charge is -2.06. The molecule has 0 radical (unpaired) electrons. The van der Waals surface area contributed by atoms with E-state index >= 15 is 0 Å². The van der Waals surface area contributed by atoms with Crippen LogP contribution in [-0.4, -0.2) is 10.9 Å². The zero-order valence-corrected chi connectivity index (χ0v) is 10.4. The molecule has 0 aromatic heterocycles. The highest BCUT2D eigenvalue weighted by atomic mass is 79.9. The maximum absolute atomic E-state index is 12.2. The molecule has 2 aromatic rings. The third-order valence-corrected chi connectivity index (χ3v) is 3.10. The molecule has 3 N–H and O–H groups in total. The van der Waals surface area contributed by atoms with Gasteiger partial charge in [0.05, 0.1) is 5.69 Å². The molecule has 0 aliphatic carbocycles. The van der Waals surface area contributed by atoms with Crippen molar-refractivity contribution in [1.82, 2.24) is 0 Å². The largest absolute Gasteiger partial charge is 0.508 e. The summed E-state index contributed by atoms with van der Waals surface area (Å²) in [7, 11) is 0. The lowest BCUT2D eigenvalue weighted by Crippen LogP contribution is -2.05. The summed E-state index contributed by atoms with van der Waals surface area (Å²) in [6.45, 7) is 0. The molecule has 0 spiro atoms. The van der Waals surface area contributed by atoms with Gasteiger partial charge < -0.3 is 10.8 Å². The minimum Gasteiger partial charge on any atom is -0.508 e. The average molecular weight is 292 g/mol. The summed E-state index contributed by atoms with van der Waals surface area (Å²) in [5.74, 6) is -0.149. The van der Waals surface area contributed by atoms with E-state index in [0.717, 1.165) is 0 Å². The first kappa shape index (κ1) is 11.7. The van der Waals surface area contributed by atoms with Crippen molar-refractivity contribution in [1.29, 1.82) is 0 Å². The van der Waals surface area contributed by atoms with Gasteiger partial charge in [0.2, 0.25) is 0 Å². The highest BCUT2D eigenvalue weighted by Crippen LogP contribution is 2.25. The summed E-state index contributed by atoms with van der Waals surface area (Å²) in [5, 5.41) is 9.34. The fourth-order valence-electron chi connectivity index (χ4n) is 1.54. The molecule has 2 rings (SSSR count). The van der Waals surface area contributed by atoms with E-state index < -0.39 is 0 Å². The smallest absolute Gasteiger partial charge is 0.195 e. The summed E-state index contributed by atoms with van der Waals surface area (Å²) in [6, 6.07) is 11.4. The third-order valence-electron chi connectivity index (χ3n) is 2.41. The zero-order chi connectivity index (χ0) is 12.4. The van der Waals surface area contributed by atoms with Gasteiger partial charge in [-0.3, -0.25) is 4.79 Å². The van der Waals surface area contributed by atoms with E-state index in [9.17, 15) is 9.90 Å². The Morgan fingerprint density at radius 1 is 1.18 bits per heavy atom. The van der Waals surface area contributed by atoms with Gasteiger partial charge in [-0.15, -0.1) is 0 Å². The quantitative estimate of drug-likeness (QED) is 0.660. The first-order valence-corrected chi connectivity index (χ1v) is 5.76. The van der Waals surface area contributed by atoms with Crippen LogP contribution in [0.1, 0.15) is 15.9 Å². The van der Waals surface area contributed by atoms with E-state index in [1.807, 2.05) is 0 Å². The number of carbonyl (C=O) groups excluding carboxylic acids is 1. The van der Waals surface area contributed by atoms with E-state index in [4.69, 9.17) is 5.73 Å². The summed E-state index contributed by atoms with van der Waals surface area (Å²) in [5.41, 5.74) is 7.07. The average Bonchev–Trinajstić information content (AvgIpc) is 2.32. The van der Waals surface area contributed by atoms with Gasteiger partial charge in [0, 0.05) is 15.6 Å². The second kappa shape index (κ2) is 4.59. The minimum absolute atomic E-state index is 0.0596. The third kappa shape index (κ3) is 2.31. The van der Waals surface area contributed by atoms with Gasteiger partial charge in [0.1, 0.15) is 5.75 Å². The lowest BCUT2D eigenvalue weighted by atomic mass is 10.0. The normalized spacial score (nSPS) is 10.2. The first-order chi connectivity index (χ1) is 8.09. The molecule has 0 amide bonds. The molecule has 4 heteroatoms. The van der Waals surface area contributed by atoms with Gasteiger partial charge in [-0.25, -0.2) is 0 Å². The van der Waals surface area contributed by atoms with E-state index in [1.54, 1.807) is 30.3 Å². The van der Waals surface area contributed by atoms with E-state index in [1.165, 1.54) is 12.1 Å². The molecule has 2 aromatic carbocycles. The minimum atomic E-state index is -0.209. The van der Waals surface area contributed by atoms with Crippen LogP contribution in [0, 0.1) is 0 Å². The van der Waals surface area contributed by atoms with E-state index in [2.05, 4.69) is 15.9 Å². The molecule has 0 aliphatic heterocycles. The number of halogens is 1. The van der Waals surface area contributed by atoms with Crippen molar-refractivity contribution in [2.24, 2.45) is 0 Å². The maximum Gasteiger partial charge on any atom is 0.195 e. The molecule has 0 bridgehead atoms. The molecule has 0 unspecified atom stereocenters. The number of carbonyl (C=O) groups is 1. The van der Waals surface area contributed by atoms with Crippen molar-refractivity contribution in [3.05, 3.63) is 58.1 Å². The number of nitrogens with two attached hydrogens (primary N) is 1. The molecule has 86 valence electrons. The second-order valence-corrected chi connectivity index (χ2v) is 4.43. The topological polar surface area (TPSA) is 63.3 Å². The van der Waals surface area contributed by atoms with Crippen molar-refractivity contribution < 1.29 is 9.90 Å². The van der Waals surface area contributed by atoms with Crippen molar-refractivity contribution in [2.75, 3.05) is 5.73 Å². The monoisotopic (exact) mass is 291 g/mol. The number of aromatic hydroxyl groups is 1. The number of para-hydroxylation sites is 1. The molecular formula is C13H10BrNO2. The van der Waals surface area contributed by atoms with Crippen molar-refractivity contribution in [2.45, 2.75) is 0 Å². The number of phenolic OH excluding ortho intramolecular Hbond substituents is 1. The Morgan fingerprint density at radius 2 is 1.88 bits per heavy atom. The molecule has 3 nitrogen and oxygen atoms in total. The van der Waals surface area contributed by atoms with Crippen molar-refractivity contribution in [3.8, 4) is 5.75 Å². The predicted octanol–water partition coefficient (Wildman–Crippen LogP) is 2.97. The molecule has 17 heavy (non-hydrogen) atoms. The van der Waals surface area contributed by atoms with Gasteiger partial charge in [0.15, 0.2) is 5.78 Å². The fraction of sp³-hybridized carbons (Fsp3) is 0. The Labute approximate surface area is 107 Å². The molecular weight excluding hydrogens is 282 g/mol. The highest BCUT2D eigenvalue weighted by Gasteiger charge is 2.13. The fourth-order valence-corrected chi connectivity index (χ4v) is 1.90. The summed E-state index contributed by atoms with van der Waals surface area (Å²) in [4.78, 5) is 12.2. The Hall–Kier alpha value is -1.81. The number of anilines is 1. The molecule has 0 saturated heterocycles.